The Balaban J connectivity index is 2.53. The van der Waals surface area contributed by atoms with Crippen molar-refractivity contribution in [2.45, 2.75) is 39.7 Å². The van der Waals surface area contributed by atoms with Crippen molar-refractivity contribution in [1.82, 2.24) is 5.32 Å². The predicted molar refractivity (Wildman–Crippen MR) is 64.3 cm³/mol. The molecular formula is C12H18N2O2. The van der Waals surface area contributed by atoms with E-state index in [1.54, 1.807) is 12.4 Å². The molecule has 0 fully saturated rings. The normalized spacial score (nSPS) is 16.0. The number of amides is 1. The Bertz CT molecular complexity index is 360. The van der Waals surface area contributed by atoms with Crippen LogP contribution in [-0.4, -0.2) is 17.9 Å². The molecule has 1 amide bonds. The molecule has 16 heavy (non-hydrogen) atoms. The molecule has 0 aromatic rings. The van der Waals surface area contributed by atoms with Crippen LogP contribution in [0.15, 0.2) is 28.5 Å². The molecule has 0 spiro atoms. The number of nitrogens with zero attached hydrogens (tertiary/aromatic N) is 1. The maximum absolute atomic E-state index is 11.5. The van der Waals surface area contributed by atoms with Crippen molar-refractivity contribution in [1.29, 1.82) is 0 Å². The minimum absolute atomic E-state index is 0.454. The van der Waals surface area contributed by atoms with Gasteiger partial charge in [0.15, 0.2) is 0 Å². The summed E-state index contributed by atoms with van der Waals surface area (Å²) in [5.41, 5.74) is 1.33. The Hall–Kier alpha value is -1.58. The second-order valence-electron chi connectivity index (χ2n) is 4.74. The van der Waals surface area contributed by atoms with Crippen LogP contribution >= 0.6 is 0 Å². The van der Waals surface area contributed by atoms with Crippen LogP contribution in [0.1, 0.15) is 34.1 Å². The molecule has 4 heteroatoms. The van der Waals surface area contributed by atoms with Crippen LogP contribution in [0.3, 0.4) is 0 Å². The summed E-state index contributed by atoms with van der Waals surface area (Å²) in [5.74, 6) is 0. The van der Waals surface area contributed by atoms with Crippen LogP contribution in [0.4, 0.5) is 4.79 Å². The van der Waals surface area contributed by atoms with Crippen molar-refractivity contribution in [3.63, 3.8) is 0 Å². The fourth-order valence-electron chi connectivity index (χ4n) is 1.13. The van der Waals surface area contributed by atoms with E-state index in [0.29, 0.717) is 5.70 Å². The maximum Gasteiger partial charge on any atom is 0.412 e. The van der Waals surface area contributed by atoms with Gasteiger partial charge < -0.3 is 4.74 Å². The molecule has 0 radical (unpaired) electrons. The van der Waals surface area contributed by atoms with Gasteiger partial charge in [-0.2, -0.15) is 0 Å². The van der Waals surface area contributed by atoms with Crippen molar-refractivity contribution >= 4 is 12.3 Å². The van der Waals surface area contributed by atoms with Gasteiger partial charge in [-0.05, 0) is 34.1 Å². The molecule has 1 aliphatic rings. The molecule has 4 nitrogen and oxygen atoms in total. The van der Waals surface area contributed by atoms with E-state index in [0.717, 1.165) is 12.0 Å². The summed E-state index contributed by atoms with van der Waals surface area (Å²) in [6.07, 6.45) is 5.63. The van der Waals surface area contributed by atoms with Gasteiger partial charge in [-0.1, -0.05) is 11.6 Å². The lowest BCUT2D eigenvalue weighted by molar-refractivity contribution is 0.0549. The van der Waals surface area contributed by atoms with Gasteiger partial charge in [0.05, 0.1) is 11.9 Å². The number of nitrogens with one attached hydrogen (secondary N) is 1. The summed E-state index contributed by atoms with van der Waals surface area (Å²) in [5, 5.41) is 2.65. The number of ether oxygens (including phenoxy) is 1. The van der Waals surface area contributed by atoms with Gasteiger partial charge in [-0.25, -0.2) is 4.79 Å². The summed E-state index contributed by atoms with van der Waals surface area (Å²) >= 11 is 0. The summed E-state index contributed by atoms with van der Waals surface area (Å²) in [4.78, 5) is 15.5. The lowest BCUT2D eigenvalue weighted by atomic mass is 10.2. The van der Waals surface area contributed by atoms with Crippen LogP contribution in [0.25, 0.3) is 0 Å². The molecule has 0 aromatic carbocycles. The average Bonchev–Trinajstić information content (AvgIpc) is 2.27. The van der Waals surface area contributed by atoms with E-state index in [1.807, 2.05) is 33.8 Å². The summed E-state index contributed by atoms with van der Waals surface area (Å²) in [7, 11) is 0. The van der Waals surface area contributed by atoms with E-state index >= 15 is 0 Å². The Labute approximate surface area is 96.1 Å². The number of allylic oxidation sites excluding steroid dienone is 3. The smallest absolute Gasteiger partial charge is 0.412 e. The highest BCUT2D eigenvalue weighted by molar-refractivity contribution is 5.85. The van der Waals surface area contributed by atoms with Crippen molar-refractivity contribution in [3.8, 4) is 0 Å². The lowest BCUT2D eigenvalue weighted by Gasteiger charge is -2.19. The molecule has 0 unspecified atom stereocenters. The molecule has 1 rings (SSSR count). The first-order chi connectivity index (χ1) is 7.37. The first-order valence-electron chi connectivity index (χ1n) is 5.26. The van der Waals surface area contributed by atoms with Gasteiger partial charge in [0.2, 0.25) is 0 Å². The first-order valence-corrected chi connectivity index (χ1v) is 5.26. The van der Waals surface area contributed by atoms with E-state index in [1.165, 1.54) is 0 Å². The highest BCUT2D eigenvalue weighted by Crippen LogP contribution is 2.09. The number of aliphatic imine (C=N–C) groups is 1. The summed E-state index contributed by atoms with van der Waals surface area (Å²) in [6, 6.07) is 0. The molecule has 0 bridgehead atoms. The van der Waals surface area contributed by atoms with Gasteiger partial charge in [0.1, 0.15) is 5.60 Å². The molecule has 88 valence electrons. The fraction of sp³-hybridized carbons (Fsp3) is 0.500. The predicted octanol–water partition coefficient (Wildman–Crippen LogP) is 2.77. The number of hydrogen-bond donors (Lipinski definition) is 1. The fourth-order valence-corrected chi connectivity index (χ4v) is 1.13. The van der Waals surface area contributed by atoms with Crippen LogP contribution in [-0.2, 0) is 4.74 Å². The van der Waals surface area contributed by atoms with Gasteiger partial charge in [-0.3, -0.25) is 10.3 Å². The SMILES string of the molecule is CC1=CN=CC(NC(=O)OC(C)(C)C)=CC1. The number of carbonyl (C=O) groups is 1. The highest BCUT2D eigenvalue weighted by Gasteiger charge is 2.16. The Morgan fingerprint density at radius 2 is 2.19 bits per heavy atom. The van der Waals surface area contributed by atoms with E-state index < -0.39 is 11.7 Å². The number of rotatable bonds is 1. The van der Waals surface area contributed by atoms with Gasteiger partial charge >= 0.3 is 6.09 Å². The zero-order valence-electron chi connectivity index (χ0n) is 10.2. The summed E-state index contributed by atoms with van der Waals surface area (Å²) in [6.45, 7) is 7.47. The lowest BCUT2D eigenvalue weighted by Crippen LogP contribution is -2.32. The van der Waals surface area contributed by atoms with E-state index in [-0.39, 0.29) is 0 Å². The second kappa shape index (κ2) is 4.96. The molecule has 0 aliphatic carbocycles. The van der Waals surface area contributed by atoms with Gasteiger partial charge in [-0.15, -0.1) is 0 Å². The quantitative estimate of drug-likeness (QED) is 0.741. The zero-order valence-corrected chi connectivity index (χ0v) is 10.2. The van der Waals surface area contributed by atoms with E-state index in [9.17, 15) is 4.79 Å². The molecule has 0 aromatic heterocycles. The standard InChI is InChI=1S/C12H18N2O2/c1-9-5-6-10(8-13-7-9)14-11(15)16-12(2,3)4/h6-8H,5H2,1-4H3,(H,14,15). The first kappa shape index (κ1) is 12.5. The van der Waals surface area contributed by atoms with Crippen LogP contribution in [0.2, 0.25) is 0 Å². The molecule has 1 N–H and O–H groups in total. The van der Waals surface area contributed by atoms with Crippen molar-refractivity contribution in [3.05, 3.63) is 23.5 Å². The van der Waals surface area contributed by atoms with Crippen molar-refractivity contribution in [2.24, 2.45) is 4.99 Å². The number of carbonyl (C=O) groups excluding carboxylic acids is 1. The third-order valence-electron chi connectivity index (χ3n) is 1.80. The molecule has 1 heterocycles. The molecular weight excluding hydrogens is 204 g/mol. The largest absolute Gasteiger partial charge is 0.444 e. The monoisotopic (exact) mass is 222 g/mol. The topological polar surface area (TPSA) is 50.7 Å². The minimum atomic E-state index is -0.485. The maximum atomic E-state index is 11.5. The zero-order chi connectivity index (χ0) is 12.2. The minimum Gasteiger partial charge on any atom is -0.444 e. The Morgan fingerprint density at radius 1 is 1.50 bits per heavy atom. The molecule has 0 saturated heterocycles. The number of alkyl carbamates (subject to hydrolysis) is 1. The Morgan fingerprint density at radius 3 is 2.81 bits per heavy atom. The summed E-state index contributed by atoms with van der Waals surface area (Å²) < 4.78 is 5.14. The Kier molecular flexibility index (Phi) is 3.88. The van der Waals surface area contributed by atoms with Crippen molar-refractivity contribution in [2.75, 3.05) is 0 Å². The van der Waals surface area contributed by atoms with Crippen LogP contribution in [0, 0.1) is 0 Å². The van der Waals surface area contributed by atoms with Gasteiger partial charge in [0, 0.05) is 6.20 Å². The van der Waals surface area contributed by atoms with Crippen LogP contribution < -0.4 is 5.32 Å². The number of hydrogen-bond acceptors (Lipinski definition) is 3. The van der Waals surface area contributed by atoms with Crippen molar-refractivity contribution < 1.29 is 9.53 Å². The molecule has 0 atom stereocenters. The van der Waals surface area contributed by atoms with E-state index in [4.69, 9.17) is 4.74 Å². The highest BCUT2D eigenvalue weighted by atomic mass is 16.6. The average molecular weight is 222 g/mol. The molecule has 0 saturated carbocycles. The van der Waals surface area contributed by atoms with Crippen LogP contribution in [0.5, 0.6) is 0 Å². The second-order valence-corrected chi connectivity index (χ2v) is 4.74. The molecule has 1 aliphatic heterocycles. The van der Waals surface area contributed by atoms with E-state index in [2.05, 4.69) is 10.3 Å². The third kappa shape index (κ3) is 4.77. The third-order valence-corrected chi connectivity index (χ3v) is 1.80. The van der Waals surface area contributed by atoms with Gasteiger partial charge in [0.25, 0.3) is 0 Å².